The quantitative estimate of drug-likeness (QED) is 0.0646. The minimum atomic E-state index is 0.0671. The van der Waals surface area contributed by atoms with Gasteiger partial charge in [0.05, 0.1) is 106 Å². The highest BCUT2D eigenvalue weighted by atomic mass is 32.1. The van der Waals surface area contributed by atoms with E-state index in [-0.39, 0.29) is 5.91 Å². The molecule has 0 spiro atoms. The summed E-state index contributed by atoms with van der Waals surface area (Å²) in [6.07, 6.45) is 4.47. The van der Waals surface area contributed by atoms with Crippen molar-refractivity contribution in [3.05, 3.63) is 0 Å². The molecule has 0 aliphatic heterocycles. The van der Waals surface area contributed by atoms with Gasteiger partial charge in [0.2, 0.25) is 5.91 Å². The number of amides is 1. The van der Waals surface area contributed by atoms with E-state index < -0.39 is 0 Å². The molecule has 0 rings (SSSR count). The monoisotopic (exact) mass is 602 g/mol. The average Bonchev–Trinajstić information content (AvgIpc) is 2.93. The third-order valence-electron chi connectivity index (χ3n) is 5.09. The first-order valence-corrected chi connectivity index (χ1v) is 15.2. The Morgan fingerprint density at radius 1 is 0.590 bits per heavy atom. The van der Waals surface area contributed by atoms with Crippen LogP contribution in [0.2, 0.25) is 0 Å². The van der Waals surface area contributed by atoms with Gasteiger partial charge in [-0.25, -0.2) is 0 Å². The Kier molecular flexibility index (Phi) is 33.8. The lowest BCUT2D eigenvalue weighted by Crippen LogP contribution is -2.27. The van der Waals surface area contributed by atoms with Gasteiger partial charge in [-0.3, -0.25) is 4.79 Å². The average molecular weight is 603 g/mol. The molecule has 0 heterocycles. The van der Waals surface area contributed by atoms with Crippen LogP contribution in [0.3, 0.4) is 0 Å². The molecule has 234 valence electrons. The van der Waals surface area contributed by atoms with Crippen LogP contribution in [0.5, 0.6) is 0 Å². The van der Waals surface area contributed by atoms with Gasteiger partial charge < -0.3 is 48.9 Å². The zero-order valence-corrected chi connectivity index (χ0v) is 25.5. The lowest BCUT2D eigenvalue weighted by atomic mass is 10.1. The Bertz CT molecular complexity index is 500. The highest BCUT2D eigenvalue weighted by Gasteiger charge is 2.04. The number of hydrogen-bond donors (Lipinski definition) is 4. The highest BCUT2D eigenvalue weighted by Crippen LogP contribution is 2.12. The number of carbonyl (C=O) groups is 1. The number of carbonyl (C=O) groups excluding carboxylic acids is 1. The van der Waals surface area contributed by atoms with Crippen molar-refractivity contribution < 1.29 is 42.7 Å². The van der Waals surface area contributed by atoms with Crippen LogP contribution in [0.15, 0.2) is 0 Å². The molecule has 0 radical (unpaired) electrons. The van der Waals surface area contributed by atoms with E-state index in [2.05, 4.69) is 30.6 Å². The van der Waals surface area contributed by atoms with Gasteiger partial charge in [0.1, 0.15) is 0 Å². The third kappa shape index (κ3) is 33.9. The van der Waals surface area contributed by atoms with E-state index in [1.54, 1.807) is 0 Å². The molecule has 0 aromatic rings. The number of hydrogen-bond acceptors (Lipinski definition) is 12. The summed E-state index contributed by atoms with van der Waals surface area (Å²) in [7, 11) is 0. The van der Waals surface area contributed by atoms with Gasteiger partial charge in [-0.1, -0.05) is 6.42 Å². The first-order chi connectivity index (χ1) is 19.2. The van der Waals surface area contributed by atoms with Crippen LogP contribution in [0, 0.1) is 0 Å². The van der Waals surface area contributed by atoms with Crippen LogP contribution in [0.4, 0.5) is 0 Å². The second kappa shape index (κ2) is 34.0. The zero-order chi connectivity index (χ0) is 28.5. The van der Waals surface area contributed by atoms with Crippen molar-refractivity contribution in [2.45, 2.75) is 37.4 Å². The first-order valence-electron chi connectivity index (χ1n) is 14.1. The predicted octanol–water partition coefficient (Wildman–Crippen LogP) is 1.37. The van der Waals surface area contributed by atoms with Crippen molar-refractivity contribution in [2.75, 3.05) is 125 Å². The normalized spacial score (nSPS) is 12.2. The van der Waals surface area contributed by atoms with Crippen LogP contribution in [-0.2, 0) is 42.7 Å². The molecule has 13 heteroatoms. The number of nitrogens with one attached hydrogen (secondary N) is 1. The number of rotatable bonds is 33. The fourth-order valence-corrected chi connectivity index (χ4v) is 3.86. The zero-order valence-electron chi connectivity index (χ0n) is 23.7. The summed E-state index contributed by atoms with van der Waals surface area (Å²) >= 11 is 8.70. The lowest BCUT2D eigenvalue weighted by Gasteiger charge is -2.09. The second-order valence-corrected chi connectivity index (χ2v) is 9.63. The van der Waals surface area contributed by atoms with E-state index in [1.807, 2.05) is 0 Å². The van der Waals surface area contributed by atoms with Crippen molar-refractivity contribution in [3.63, 3.8) is 0 Å². The molecule has 0 aliphatic carbocycles. The molecule has 39 heavy (non-hydrogen) atoms. The standard InChI is InChI=1S/C26H54N2O9S2/c27-6-8-30-10-12-32-14-16-34-18-20-36-22-23-37-21-19-35-17-15-33-13-11-31-9-7-28-26(29)4-2-1-3-25(39)5-24-38/h25,38-39H,1-24,27H2,(H,28,29). The third-order valence-corrected chi connectivity index (χ3v) is 5.86. The topological polar surface area (TPSA) is 129 Å². The molecule has 1 atom stereocenters. The fourth-order valence-electron chi connectivity index (χ4n) is 3.03. The summed E-state index contributed by atoms with van der Waals surface area (Å²) in [6, 6.07) is 0. The van der Waals surface area contributed by atoms with E-state index in [4.69, 9.17) is 43.6 Å². The molecule has 1 amide bonds. The van der Waals surface area contributed by atoms with Gasteiger partial charge in [-0.15, -0.1) is 0 Å². The highest BCUT2D eigenvalue weighted by molar-refractivity contribution is 7.81. The summed E-state index contributed by atoms with van der Waals surface area (Å²) in [4.78, 5) is 11.8. The molecule has 0 aromatic carbocycles. The van der Waals surface area contributed by atoms with E-state index in [0.717, 1.165) is 31.4 Å². The lowest BCUT2D eigenvalue weighted by molar-refractivity contribution is -0.121. The molecule has 11 nitrogen and oxygen atoms in total. The molecule has 0 bridgehead atoms. The fraction of sp³-hybridized carbons (Fsp3) is 0.962. The maximum atomic E-state index is 11.8. The van der Waals surface area contributed by atoms with Crippen molar-refractivity contribution in [1.29, 1.82) is 0 Å². The van der Waals surface area contributed by atoms with Crippen molar-refractivity contribution in [1.82, 2.24) is 5.32 Å². The largest absolute Gasteiger partial charge is 0.378 e. The van der Waals surface area contributed by atoms with E-state index >= 15 is 0 Å². The minimum Gasteiger partial charge on any atom is -0.378 e. The Morgan fingerprint density at radius 2 is 0.974 bits per heavy atom. The Balaban J connectivity index is 3.12. The summed E-state index contributed by atoms with van der Waals surface area (Å²) in [6.45, 7) is 9.27. The van der Waals surface area contributed by atoms with Crippen molar-refractivity contribution in [2.24, 2.45) is 5.73 Å². The summed E-state index contributed by atoms with van der Waals surface area (Å²) in [5.41, 5.74) is 5.32. The van der Waals surface area contributed by atoms with Crippen LogP contribution in [0.25, 0.3) is 0 Å². The Labute approximate surface area is 246 Å². The number of nitrogens with two attached hydrogens (primary N) is 1. The molecule has 0 fully saturated rings. The number of thiol groups is 2. The van der Waals surface area contributed by atoms with E-state index in [0.29, 0.717) is 130 Å². The molecule has 0 aliphatic rings. The second-order valence-electron chi connectivity index (χ2n) is 8.45. The number of ether oxygens (including phenoxy) is 8. The predicted molar refractivity (Wildman–Crippen MR) is 158 cm³/mol. The first kappa shape index (κ1) is 38.8. The van der Waals surface area contributed by atoms with Crippen LogP contribution in [-0.4, -0.2) is 136 Å². The maximum Gasteiger partial charge on any atom is 0.220 e. The van der Waals surface area contributed by atoms with Gasteiger partial charge in [0.25, 0.3) is 0 Å². The van der Waals surface area contributed by atoms with Gasteiger partial charge >= 0.3 is 0 Å². The molecule has 1 unspecified atom stereocenters. The SMILES string of the molecule is NCCOCCOCCOCCOCCOCCOCCOCCOCCNC(=O)CCCCC(S)CCS. The van der Waals surface area contributed by atoms with Crippen molar-refractivity contribution >= 4 is 31.2 Å². The molecule has 0 saturated heterocycles. The minimum absolute atomic E-state index is 0.0671. The summed E-state index contributed by atoms with van der Waals surface area (Å²) in [5.74, 6) is 0.919. The van der Waals surface area contributed by atoms with Gasteiger partial charge in [0.15, 0.2) is 0 Å². The van der Waals surface area contributed by atoms with Crippen molar-refractivity contribution in [3.8, 4) is 0 Å². The van der Waals surface area contributed by atoms with Gasteiger partial charge in [0, 0.05) is 24.8 Å². The number of unbranched alkanes of at least 4 members (excludes halogenated alkanes) is 1. The molecule has 0 saturated carbocycles. The van der Waals surface area contributed by atoms with Crippen LogP contribution < -0.4 is 11.1 Å². The molecule has 3 N–H and O–H groups in total. The molecule has 0 aromatic heterocycles. The van der Waals surface area contributed by atoms with Gasteiger partial charge in [-0.05, 0) is 25.0 Å². The Hall–Kier alpha value is -0.190. The van der Waals surface area contributed by atoms with Gasteiger partial charge in [-0.2, -0.15) is 25.3 Å². The van der Waals surface area contributed by atoms with E-state index in [1.165, 1.54) is 0 Å². The molecular formula is C26H54N2O9S2. The van der Waals surface area contributed by atoms with E-state index in [9.17, 15) is 4.79 Å². The smallest absolute Gasteiger partial charge is 0.220 e. The Morgan fingerprint density at radius 3 is 1.36 bits per heavy atom. The maximum absolute atomic E-state index is 11.8. The summed E-state index contributed by atoms with van der Waals surface area (Å²) < 4.78 is 43.2. The van der Waals surface area contributed by atoms with Crippen LogP contribution >= 0.6 is 25.3 Å². The molecular weight excluding hydrogens is 548 g/mol. The summed E-state index contributed by atoms with van der Waals surface area (Å²) in [5, 5.41) is 3.25. The van der Waals surface area contributed by atoms with Crippen LogP contribution in [0.1, 0.15) is 32.1 Å².